The highest BCUT2D eigenvalue weighted by atomic mass is 32.2. The van der Waals surface area contributed by atoms with E-state index in [1.165, 1.54) is 22.1 Å². The van der Waals surface area contributed by atoms with Gasteiger partial charge in [-0.1, -0.05) is 6.07 Å². The van der Waals surface area contributed by atoms with Crippen LogP contribution in [0.25, 0.3) is 5.57 Å². The summed E-state index contributed by atoms with van der Waals surface area (Å²) in [6, 6.07) is 5.80. The minimum Gasteiger partial charge on any atom is -0.543 e. The van der Waals surface area contributed by atoms with Crippen molar-refractivity contribution < 1.29 is 19.3 Å². The van der Waals surface area contributed by atoms with Crippen molar-refractivity contribution in [3.63, 3.8) is 0 Å². The number of aryl methyl sites for hydroxylation is 1. The molecule has 2 aliphatic rings. The molecule has 0 unspecified atom stereocenters. The molecule has 9 heteroatoms. The Hall–Kier alpha value is -2.94. The van der Waals surface area contributed by atoms with E-state index in [4.69, 9.17) is 0 Å². The quantitative estimate of drug-likeness (QED) is 0.438. The summed E-state index contributed by atoms with van der Waals surface area (Å²) >= 11 is 1.29. The van der Waals surface area contributed by atoms with Crippen molar-refractivity contribution in [3.8, 4) is 0 Å². The lowest BCUT2D eigenvalue weighted by atomic mass is 9.94. The topological polar surface area (TPSA) is 106 Å². The molecule has 1 amide bonds. The standard InChI is InChI=1S/C16H13N5O3S/c22-14-13(15-21(14)12(9-25-15)16(23)24)10(11-8-17-19-18-11)4-7-20-5-2-1-3-6-20/h1-3,5-6,8-9,15H,4,7H2,(H-,17,18,19,22,23,24)/t15-/m1/s1. The lowest BCUT2D eigenvalue weighted by molar-refractivity contribution is -0.695. The van der Waals surface area contributed by atoms with Gasteiger partial charge in [0.25, 0.3) is 5.91 Å². The maximum Gasteiger partial charge on any atom is 0.258 e. The van der Waals surface area contributed by atoms with Crippen molar-refractivity contribution in [2.45, 2.75) is 18.3 Å². The number of β-lactam (4-membered cyclic amide) rings is 1. The number of carboxylic acid groups (broad SMARTS) is 1. The van der Waals surface area contributed by atoms with Gasteiger partial charge >= 0.3 is 0 Å². The third kappa shape index (κ3) is 2.62. The summed E-state index contributed by atoms with van der Waals surface area (Å²) in [4.78, 5) is 24.9. The van der Waals surface area contributed by atoms with Crippen LogP contribution in [-0.4, -0.2) is 37.6 Å². The molecule has 0 spiro atoms. The molecule has 8 nitrogen and oxygen atoms in total. The molecule has 4 heterocycles. The average Bonchev–Trinajstić information content (AvgIpc) is 3.27. The third-order valence-electron chi connectivity index (χ3n) is 4.15. The van der Waals surface area contributed by atoms with Gasteiger partial charge in [0.15, 0.2) is 18.9 Å². The van der Waals surface area contributed by atoms with Gasteiger partial charge in [0.2, 0.25) is 0 Å². The van der Waals surface area contributed by atoms with Gasteiger partial charge in [-0.3, -0.25) is 9.69 Å². The van der Waals surface area contributed by atoms with Gasteiger partial charge in [0, 0.05) is 18.6 Å². The molecule has 25 heavy (non-hydrogen) atoms. The maximum atomic E-state index is 12.6. The first-order chi connectivity index (χ1) is 12.2. The highest BCUT2D eigenvalue weighted by molar-refractivity contribution is 8.03. The van der Waals surface area contributed by atoms with Crippen molar-refractivity contribution in [2.24, 2.45) is 0 Å². The number of amides is 1. The predicted octanol–water partition coefficient (Wildman–Crippen LogP) is -0.558. The second-order valence-corrected chi connectivity index (χ2v) is 6.52. The molecule has 0 aromatic carbocycles. The first-order valence-corrected chi connectivity index (χ1v) is 8.55. The smallest absolute Gasteiger partial charge is 0.258 e. The highest BCUT2D eigenvalue weighted by Gasteiger charge is 2.49. The zero-order valence-corrected chi connectivity index (χ0v) is 13.8. The van der Waals surface area contributed by atoms with Crippen molar-refractivity contribution in [1.29, 1.82) is 0 Å². The van der Waals surface area contributed by atoms with Crippen LogP contribution in [0.2, 0.25) is 0 Å². The number of H-pyrrole nitrogens is 1. The molecule has 2 aromatic rings. The van der Waals surface area contributed by atoms with Crippen molar-refractivity contribution in [1.82, 2.24) is 20.3 Å². The largest absolute Gasteiger partial charge is 0.543 e. The van der Waals surface area contributed by atoms with Crippen LogP contribution in [0, 0.1) is 0 Å². The van der Waals surface area contributed by atoms with Gasteiger partial charge in [0.1, 0.15) is 11.1 Å². The second-order valence-electron chi connectivity index (χ2n) is 5.56. The fraction of sp³-hybridized carbons (Fsp3) is 0.188. The van der Waals surface area contributed by atoms with E-state index in [1.54, 1.807) is 6.20 Å². The molecule has 0 aliphatic carbocycles. The molecule has 2 aliphatic heterocycles. The SMILES string of the molecule is O=C([O-])C1=CS[C@@H]2/C(=C(/CC[n+]3ccccc3)c3cn[nH]n3)C(=O)N12. The number of rotatable bonds is 5. The van der Waals surface area contributed by atoms with Crippen LogP contribution in [0.1, 0.15) is 12.1 Å². The van der Waals surface area contributed by atoms with Crippen molar-refractivity contribution in [3.05, 3.63) is 59.2 Å². The Bertz CT molecular complexity index is 892. The van der Waals surface area contributed by atoms with Crippen molar-refractivity contribution >= 4 is 29.2 Å². The lowest BCUT2D eigenvalue weighted by Crippen LogP contribution is -2.53. The summed E-state index contributed by atoms with van der Waals surface area (Å²) in [5.74, 6) is -1.66. The molecule has 0 bridgehead atoms. The fourth-order valence-corrected chi connectivity index (χ4v) is 4.13. The normalized spacial score (nSPS) is 20.8. The van der Waals surface area contributed by atoms with Crippen molar-refractivity contribution in [2.75, 3.05) is 0 Å². The Morgan fingerprint density at radius 1 is 1.36 bits per heavy atom. The molecule has 1 fully saturated rings. The zero-order valence-electron chi connectivity index (χ0n) is 13.0. The Morgan fingerprint density at radius 3 is 2.84 bits per heavy atom. The number of thioether (sulfide) groups is 1. The number of nitrogens with zero attached hydrogens (tertiary/aromatic N) is 4. The van der Waals surface area contributed by atoms with Gasteiger partial charge in [-0.05, 0) is 11.0 Å². The number of allylic oxidation sites excluding steroid dienone is 1. The lowest BCUT2D eigenvalue weighted by Gasteiger charge is -2.39. The number of hydrogen-bond donors (Lipinski definition) is 1. The number of aliphatic carboxylic acids is 1. The number of carboxylic acids is 1. The number of carbonyl (C=O) groups excluding carboxylic acids is 2. The zero-order chi connectivity index (χ0) is 17.4. The average molecular weight is 355 g/mol. The summed E-state index contributed by atoms with van der Waals surface area (Å²) in [5, 5.41) is 22.7. The summed E-state index contributed by atoms with van der Waals surface area (Å²) in [6.45, 7) is 0.665. The van der Waals surface area contributed by atoms with Gasteiger partial charge in [-0.15, -0.1) is 11.8 Å². The first-order valence-electron chi connectivity index (χ1n) is 7.60. The minimum atomic E-state index is -1.34. The fourth-order valence-electron chi connectivity index (χ4n) is 2.95. The van der Waals surface area contributed by atoms with Crippen LogP contribution in [0.15, 0.2) is 53.5 Å². The molecule has 0 radical (unpaired) electrons. The van der Waals surface area contributed by atoms with Gasteiger partial charge in [0.05, 0.1) is 23.4 Å². The minimum absolute atomic E-state index is 0.0827. The second kappa shape index (κ2) is 6.17. The molecule has 1 N–H and O–H groups in total. The number of aromatic nitrogens is 4. The van der Waals surface area contributed by atoms with Gasteiger partial charge in [-0.25, -0.2) is 4.57 Å². The molecule has 126 valence electrons. The Labute approximate surface area is 146 Å². The monoisotopic (exact) mass is 355 g/mol. The first kappa shape index (κ1) is 15.6. The number of pyridine rings is 1. The van der Waals surface area contributed by atoms with Crippen LogP contribution in [-0.2, 0) is 16.1 Å². The third-order valence-corrected chi connectivity index (χ3v) is 5.22. The number of fused-ring (bicyclic) bond motifs is 1. The Morgan fingerprint density at radius 2 is 2.16 bits per heavy atom. The van der Waals surface area contributed by atoms with E-state index in [9.17, 15) is 14.7 Å². The summed E-state index contributed by atoms with van der Waals surface area (Å²) in [5.41, 5.74) is 1.86. The highest BCUT2D eigenvalue weighted by Crippen LogP contribution is 2.47. The number of hydrogen-bond acceptors (Lipinski definition) is 6. The van der Waals surface area contributed by atoms with E-state index < -0.39 is 5.97 Å². The number of aromatic amines is 1. The van der Waals surface area contributed by atoms with E-state index in [0.717, 1.165) is 5.57 Å². The van der Waals surface area contributed by atoms with Gasteiger partial charge < -0.3 is 9.90 Å². The summed E-state index contributed by atoms with van der Waals surface area (Å²) < 4.78 is 2.01. The molecule has 0 saturated carbocycles. The molecule has 2 aromatic heterocycles. The molecule has 1 atom stereocenters. The Balaban J connectivity index is 1.65. The molecular weight excluding hydrogens is 342 g/mol. The number of nitrogens with one attached hydrogen (secondary N) is 1. The van der Waals surface area contributed by atoms with E-state index in [1.807, 2.05) is 35.2 Å². The van der Waals surface area contributed by atoms with Crippen LogP contribution in [0.3, 0.4) is 0 Å². The van der Waals surface area contributed by atoms with E-state index in [0.29, 0.717) is 24.2 Å². The molecular formula is C16H13N5O3S. The number of carbonyl (C=O) groups is 2. The molecule has 4 rings (SSSR count). The van der Waals surface area contributed by atoms with E-state index in [-0.39, 0.29) is 17.0 Å². The molecule has 1 saturated heterocycles. The summed E-state index contributed by atoms with van der Waals surface area (Å²) in [6.07, 6.45) is 6.04. The van der Waals surface area contributed by atoms with Gasteiger partial charge in [-0.2, -0.15) is 15.4 Å². The van der Waals surface area contributed by atoms with E-state index in [2.05, 4.69) is 15.4 Å². The van der Waals surface area contributed by atoms with Crippen LogP contribution >= 0.6 is 11.8 Å². The van der Waals surface area contributed by atoms with E-state index >= 15 is 0 Å². The van der Waals surface area contributed by atoms with Crippen LogP contribution < -0.4 is 9.67 Å². The summed E-state index contributed by atoms with van der Waals surface area (Å²) in [7, 11) is 0. The Kier molecular flexibility index (Phi) is 3.85. The maximum absolute atomic E-state index is 12.6. The predicted molar refractivity (Wildman–Crippen MR) is 85.9 cm³/mol. The van der Waals surface area contributed by atoms with Crippen LogP contribution in [0.4, 0.5) is 0 Å². The van der Waals surface area contributed by atoms with Crippen LogP contribution in [0.5, 0.6) is 0 Å².